The van der Waals surface area contributed by atoms with Gasteiger partial charge in [0.05, 0.1) is 0 Å². The van der Waals surface area contributed by atoms with Crippen molar-refractivity contribution in [2.45, 2.75) is 46.1 Å². The van der Waals surface area contributed by atoms with E-state index in [1.165, 1.54) is 6.26 Å². The molecule has 92 valence electrons. The van der Waals surface area contributed by atoms with Gasteiger partial charge in [0.25, 0.3) is 0 Å². The first kappa shape index (κ1) is 14.9. The van der Waals surface area contributed by atoms with E-state index in [1.54, 1.807) is 0 Å². The molecule has 0 fully saturated rings. The summed E-state index contributed by atoms with van der Waals surface area (Å²) in [5.41, 5.74) is 0.236. The maximum absolute atomic E-state index is 10.9. The van der Waals surface area contributed by atoms with Crippen LogP contribution in [0.1, 0.15) is 40.0 Å². The fourth-order valence-electron chi connectivity index (χ4n) is 1.72. The largest absolute Gasteiger partial charge is 0.316 e. The lowest BCUT2D eigenvalue weighted by atomic mass is 9.84. The van der Waals surface area contributed by atoms with Gasteiger partial charge in [-0.15, -0.1) is 0 Å². The molecular formula is C11H25NO2S. The highest BCUT2D eigenvalue weighted by molar-refractivity contribution is 7.90. The molecule has 0 bridgehead atoms. The Balaban J connectivity index is 3.85. The summed E-state index contributed by atoms with van der Waals surface area (Å²) in [6.45, 7) is 6.60. The zero-order chi connectivity index (χ0) is 12.1. The molecule has 0 heterocycles. The summed E-state index contributed by atoms with van der Waals surface area (Å²) in [6.07, 6.45) is 4.07. The van der Waals surface area contributed by atoms with E-state index in [1.807, 2.05) is 7.05 Å². The van der Waals surface area contributed by atoms with Gasteiger partial charge in [0, 0.05) is 18.1 Å². The highest BCUT2D eigenvalue weighted by atomic mass is 32.2. The average molecular weight is 235 g/mol. The summed E-state index contributed by atoms with van der Waals surface area (Å²) in [5.74, 6) is 0.313. The van der Waals surface area contributed by atoms with Crippen LogP contribution in [0.5, 0.6) is 0 Å². The van der Waals surface area contributed by atoms with Crippen LogP contribution < -0.4 is 5.32 Å². The monoisotopic (exact) mass is 235 g/mol. The zero-order valence-electron chi connectivity index (χ0n) is 10.6. The van der Waals surface area contributed by atoms with Crippen molar-refractivity contribution in [2.24, 2.45) is 5.41 Å². The summed E-state index contributed by atoms with van der Waals surface area (Å²) in [5, 5.41) is 3.29. The number of unbranched alkanes of at least 4 members (excludes halogenated alkanes) is 1. The fourth-order valence-corrected chi connectivity index (χ4v) is 2.45. The standard InChI is InChI=1S/C11H25NO2S/c1-11(2,3)10(12-4)8-6-7-9-15(5,13)14/h10,12H,6-9H2,1-5H3. The first-order valence-corrected chi connectivity index (χ1v) is 7.58. The van der Waals surface area contributed by atoms with E-state index in [-0.39, 0.29) is 5.41 Å². The van der Waals surface area contributed by atoms with Gasteiger partial charge in [-0.1, -0.05) is 27.2 Å². The molecule has 0 aromatic carbocycles. The number of nitrogens with one attached hydrogen (secondary N) is 1. The molecule has 0 aliphatic carbocycles. The van der Waals surface area contributed by atoms with E-state index in [4.69, 9.17) is 0 Å². The van der Waals surface area contributed by atoms with Crippen LogP contribution in [-0.2, 0) is 9.84 Å². The minimum atomic E-state index is -2.78. The SMILES string of the molecule is CNC(CCCCS(C)(=O)=O)C(C)(C)C. The molecule has 0 radical (unpaired) electrons. The van der Waals surface area contributed by atoms with Gasteiger partial charge in [0.2, 0.25) is 0 Å². The highest BCUT2D eigenvalue weighted by Gasteiger charge is 2.22. The van der Waals surface area contributed by atoms with Crippen molar-refractivity contribution in [3.05, 3.63) is 0 Å². The average Bonchev–Trinajstić information content (AvgIpc) is 1.99. The van der Waals surface area contributed by atoms with Crippen LogP contribution in [0.4, 0.5) is 0 Å². The Bertz CT molecular complexity index is 265. The molecule has 0 aromatic rings. The fraction of sp³-hybridized carbons (Fsp3) is 1.00. The summed E-state index contributed by atoms with van der Waals surface area (Å²) in [7, 11) is -0.820. The Kier molecular flexibility index (Phi) is 5.81. The molecule has 0 saturated heterocycles. The third-order valence-electron chi connectivity index (χ3n) is 2.65. The van der Waals surface area contributed by atoms with Crippen LogP contribution in [0.3, 0.4) is 0 Å². The number of hydrogen-bond donors (Lipinski definition) is 1. The van der Waals surface area contributed by atoms with E-state index in [0.717, 1.165) is 19.3 Å². The zero-order valence-corrected chi connectivity index (χ0v) is 11.4. The van der Waals surface area contributed by atoms with Gasteiger partial charge in [-0.25, -0.2) is 8.42 Å². The van der Waals surface area contributed by atoms with Crippen LogP contribution >= 0.6 is 0 Å². The third-order valence-corrected chi connectivity index (χ3v) is 3.68. The topological polar surface area (TPSA) is 46.2 Å². The molecule has 0 amide bonds. The van der Waals surface area contributed by atoms with Crippen molar-refractivity contribution >= 4 is 9.84 Å². The Morgan fingerprint density at radius 2 is 1.73 bits per heavy atom. The van der Waals surface area contributed by atoms with Crippen LogP contribution in [0, 0.1) is 5.41 Å². The molecule has 15 heavy (non-hydrogen) atoms. The lowest BCUT2D eigenvalue weighted by Gasteiger charge is -2.30. The minimum absolute atomic E-state index is 0.236. The summed E-state index contributed by atoms with van der Waals surface area (Å²) in [6, 6.07) is 0.456. The quantitative estimate of drug-likeness (QED) is 0.715. The lowest BCUT2D eigenvalue weighted by molar-refractivity contribution is 0.263. The van der Waals surface area contributed by atoms with Gasteiger partial charge in [0.1, 0.15) is 9.84 Å². The first-order chi connectivity index (χ1) is 6.67. The predicted molar refractivity (Wildman–Crippen MR) is 65.9 cm³/mol. The Morgan fingerprint density at radius 3 is 2.07 bits per heavy atom. The van der Waals surface area contributed by atoms with Crippen molar-refractivity contribution in [2.75, 3.05) is 19.1 Å². The maximum Gasteiger partial charge on any atom is 0.147 e. The van der Waals surface area contributed by atoms with E-state index in [2.05, 4.69) is 26.1 Å². The number of rotatable bonds is 6. The Hall–Kier alpha value is -0.0900. The molecule has 0 aliphatic heterocycles. The van der Waals surface area contributed by atoms with E-state index >= 15 is 0 Å². The summed E-state index contributed by atoms with van der Waals surface area (Å²) < 4.78 is 21.9. The molecule has 0 aliphatic rings. The first-order valence-electron chi connectivity index (χ1n) is 5.52. The third kappa shape index (κ3) is 7.79. The van der Waals surface area contributed by atoms with Crippen LogP contribution in [-0.4, -0.2) is 33.5 Å². The van der Waals surface area contributed by atoms with Crippen molar-refractivity contribution in [3.63, 3.8) is 0 Å². The second kappa shape index (κ2) is 5.85. The molecule has 0 rings (SSSR count). The molecule has 1 atom stereocenters. The molecule has 3 nitrogen and oxygen atoms in total. The van der Waals surface area contributed by atoms with E-state index in [0.29, 0.717) is 11.8 Å². The normalized spacial score (nSPS) is 15.3. The molecule has 0 aromatic heterocycles. The second-order valence-corrected chi connectivity index (χ2v) is 7.59. The van der Waals surface area contributed by atoms with Gasteiger partial charge >= 0.3 is 0 Å². The predicted octanol–water partition coefficient (Wildman–Crippen LogP) is 1.84. The Morgan fingerprint density at radius 1 is 1.20 bits per heavy atom. The molecular weight excluding hydrogens is 210 g/mol. The second-order valence-electron chi connectivity index (χ2n) is 5.33. The van der Waals surface area contributed by atoms with E-state index < -0.39 is 9.84 Å². The summed E-state index contributed by atoms with van der Waals surface area (Å²) >= 11 is 0. The van der Waals surface area contributed by atoms with Crippen LogP contribution in [0.25, 0.3) is 0 Å². The van der Waals surface area contributed by atoms with Gasteiger partial charge in [-0.3, -0.25) is 0 Å². The van der Waals surface area contributed by atoms with Crippen molar-refractivity contribution < 1.29 is 8.42 Å². The van der Waals surface area contributed by atoms with Gasteiger partial charge < -0.3 is 5.32 Å². The Labute approximate surface area is 94.6 Å². The molecule has 1 N–H and O–H groups in total. The van der Waals surface area contributed by atoms with Gasteiger partial charge in [-0.05, 0) is 25.3 Å². The van der Waals surface area contributed by atoms with Crippen molar-refractivity contribution in [1.29, 1.82) is 0 Å². The van der Waals surface area contributed by atoms with Crippen LogP contribution in [0.2, 0.25) is 0 Å². The molecule has 1 unspecified atom stereocenters. The maximum atomic E-state index is 10.9. The number of sulfone groups is 1. The molecule has 0 spiro atoms. The summed E-state index contributed by atoms with van der Waals surface area (Å²) in [4.78, 5) is 0. The van der Waals surface area contributed by atoms with Gasteiger partial charge in [-0.2, -0.15) is 0 Å². The molecule has 4 heteroatoms. The van der Waals surface area contributed by atoms with Gasteiger partial charge in [0.15, 0.2) is 0 Å². The van der Waals surface area contributed by atoms with Crippen LogP contribution in [0.15, 0.2) is 0 Å². The van der Waals surface area contributed by atoms with E-state index in [9.17, 15) is 8.42 Å². The van der Waals surface area contributed by atoms with Crippen molar-refractivity contribution in [3.8, 4) is 0 Å². The highest BCUT2D eigenvalue weighted by Crippen LogP contribution is 2.23. The number of hydrogen-bond acceptors (Lipinski definition) is 3. The van der Waals surface area contributed by atoms with Crippen molar-refractivity contribution in [1.82, 2.24) is 5.32 Å². The molecule has 0 saturated carbocycles. The lowest BCUT2D eigenvalue weighted by Crippen LogP contribution is -2.37. The minimum Gasteiger partial charge on any atom is -0.316 e. The smallest absolute Gasteiger partial charge is 0.147 e.